The van der Waals surface area contributed by atoms with E-state index >= 15 is 0 Å². The summed E-state index contributed by atoms with van der Waals surface area (Å²) in [6.07, 6.45) is -1.49. The summed E-state index contributed by atoms with van der Waals surface area (Å²) in [5.41, 5.74) is -0.904. The average molecular weight is 197 g/mol. The molecular formula is C10H15NO3. The van der Waals surface area contributed by atoms with Crippen molar-refractivity contribution in [2.75, 3.05) is 6.61 Å². The molecule has 0 aromatic carbocycles. The van der Waals surface area contributed by atoms with Gasteiger partial charge in [-0.05, 0) is 12.0 Å². The van der Waals surface area contributed by atoms with E-state index in [-0.39, 0.29) is 6.42 Å². The van der Waals surface area contributed by atoms with Crippen LogP contribution in [0.1, 0.15) is 13.3 Å². The van der Waals surface area contributed by atoms with Gasteiger partial charge in [0.25, 0.3) is 0 Å². The Labute approximate surface area is 83.1 Å². The molecule has 1 rings (SSSR count). The van der Waals surface area contributed by atoms with E-state index in [4.69, 9.17) is 10.4 Å². The van der Waals surface area contributed by atoms with Gasteiger partial charge >= 0.3 is 0 Å². The van der Waals surface area contributed by atoms with Crippen molar-refractivity contribution in [3.63, 3.8) is 0 Å². The van der Waals surface area contributed by atoms with E-state index in [1.165, 1.54) is 0 Å². The summed E-state index contributed by atoms with van der Waals surface area (Å²) >= 11 is 0. The topological polar surface area (TPSA) is 84.5 Å². The molecule has 0 bridgehead atoms. The third-order valence-electron chi connectivity index (χ3n) is 3.15. The number of nitriles is 1. The van der Waals surface area contributed by atoms with E-state index in [2.05, 4.69) is 6.58 Å². The number of hydrogen-bond acceptors (Lipinski definition) is 4. The van der Waals surface area contributed by atoms with Gasteiger partial charge in [0.15, 0.2) is 0 Å². The summed E-state index contributed by atoms with van der Waals surface area (Å²) in [5, 5.41) is 37.5. The SMILES string of the molecule is C=C1CC(O)C(C)C(O)C1(C#N)CO. The molecule has 4 heteroatoms. The van der Waals surface area contributed by atoms with Gasteiger partial charge in [-0.2, -0.15) is 5.26 Å². The van der Waals surface area contributed by atoms with Crippen LogP contribution in [-0.4, -0.2) is 34.1 Å². The van der Waals surface area contributed by atoms with Gasteiger partial charge in [-0.15, -0.1) is 0 Å². The van der Waals surface area contributed by atoms with Crippen LogP contribution in [-0.2, 0) is 0 Å². The molecule has 1 fully saturated rings. The lowest BCUT2D eigenvalue weighted by molar-refractivity contribution is -0.0640. The van der Waals surface area contributed by atoms with Crippen LogP contribution in [0.25, 0.3) is 0 Å². The highest BCUT2D eigenvalue weighted by Crippen LogP contribution is 2.42. The molecule has 4 nitrogen and oxygen atoms in total. The first-order valence-corrected chi connectivity index (χ1v) is 4.56. The number of nitrogens with zero attached hydrogens (tertiary/aromatic N) is 1. The Balaban J connectivity index is 3.07. The summed E-state index contributed by atoms with van der Waals surface area (Å²) in [4.78, 5) is 0. The van der Waals surface area contributed by atoms with Crippen LogP contribution in [0.3, 0.4) is 0 Å². The lowest BCUT2D eigenvalue weighted by Crippen LogP contribution is -2.51. The van der Waals surface area contributed by atoms with Crippen molar-refractivity contribution in [1.29, 1.82) is 5.26 Å². The van der Waals surface area contributed by atoms with Gasteiger partial charge in [-0.3, -0.25) is 0 Å². The second-order valence-corrected chi connectivity index (χ2v) is 3.92. The molecule has 0 radical (unpaired) electrons. The Morgan fingerprint density at radius 1 is 1.64 bits per heavy atom. The van der Waals surface area contributed by atoms with E-state index in [1.807, 2.05) is 6.07 Å². The fourth-order valence-electron chi connectivity index (χ4n) is 1.87. The van der Waals surface area contributed by atoms with Crippen LogP contribution in [0, 0.1) is 22.7 Å². The van der Waals surface area contributed by atoms with Crippen molar-refractivity contribution < 1.29 is 15.3 Å². The van der Waals surface area contributed by atoms with Crippen LogP contribution < -0.4 is 0 Å². The first-order valence-electron chi connectivity index (χ1n) is 4.56. The predicted octanol–water partition coefficient (Wildman–Crippen LogP) is -0.194. The fourth-order valence-corrected chi connectivity index (χ4v) is 1.87. The van der Waals surface area contributed by atoms with Gasteiger partial charge in [-0.25, -0.2) is 0 Å². The van der Waals surface area contributed by atoms with Crippen molar-refractivity contribution in [3.05, 3.63) is 12.2 Å². The molecule has 3 N–H and O–H groups in total. The first kappa shape index (κ1) is 11.2. The van der Waals surface area contributed by atoms with Crippen LogP contribution in [0.5, 0.6) is 0 Å². The molecule has 4 atom stereocenters. The summed E-state index contributed by atoms with van der Waals surface area (Å²) in [6.45, 7) is 4.84. The minimum Gasteiger partial charge on any atom is -0.394 e. The average Bonchev–Trinajstić information content (AvgIpc) is 2.17. The maximum Gasteiger partial charge on any atom is 0.127 e. The molecule has 0 aliphatic heterocycles. The lowest BCUT2D eigenvalue weighted by atomic mass is 9.65. The molecule has 1 aliphatic rings. The van der Waals surface area contributed by atoms with Crippen LogP contribution in [0.15, 0.2) is 12.2 Å². The Morgan fingerprint density at radius 3 is 2.64 bits per heavy atom. The summed E-state index contributed by atoms with van der Waals surface area (Å²) in [5.74, 6) is -0.424. The van der Waals surface area contributed by atoms with Gasteiger partial charge in [0.2, 0.25) is 0 Å². The highest BCUT2D eigenvalue weighted by atomic mass is 16.3. The standard InChI is InChI=1S/C10H15NO3/c1-6-3-8(13)7(2)9(14)10(6,4-11)5-12/h7-9,12-14H,1,3,5H2,2H3. The van der Waals surface area contributed by atoms with Crippen molar-refractivity contribution in [2.24, 2.45) is 11.3 Å². The van der Waals surface area contributed by atoms with Crippen molar-refractivity contribution >= 4 is 0 Å². The zero-order valence-electron chi connectivity index (χ0n) is 8.14. The molecule has 0 spiro atoms. The molecule has 1 saturated carbocycles. The first-order chi connectivity index (χ1) is 6.49. The molecule has 0 saturated heterocycles. The molecule has 0 heterocycles. The maximum atomic E-state index is 9.83. The number of aliphatic hydroxyl groups is 3. The Bertz CT molecular complexity index is 284. The molecule has 0 amide bonds. The predicted molar refractivity (Wildman–Crippen MR) is 50.1 cm³/mol. The third-order valence-corrected chi connectivity index (χ3v) is 3.15. The highest BCUT2D eigenvalue weighted by Gasteiger charge is 2.49. The van der Waals surface area contributed by atoms with E-state index in [0.717, 1.165) is 0 Å². The van der Waals surface area contributed by atoms with Crippen molar-refractivity contribution in [3.8, 4) is 6.07 Å². The molecule has 14 heavy (non-hydrogen) atoms. The summed E-state index contributed by atoms with van der Waals surface area (Å²) in [7, 11) is 0. The normalized spacial score (nSPS) is 43.4. The number of aliphatic hydroxyl groups excluding tert-OH is 3. The Kier molecular flexibility index (Phi) is 2.95. The largest absolute Gasteiger partial charge is 0.394 e. The molecular weight excluding hydrogens is 182 g/mol. The molecule has 0 aromatic rings. The molecule has 4 unspecified atom stereocenters. The number of rotatable bonds is 1. The smallest absolute Gasteiger partial charge is 0.127 e. The van der Waals surface area contributed by atoms with Gasteiger partial charge in [0, 0.05) is 5.92 Å². The van der Waals surface area contributed by atoms with Gasteiger partial charge in [0.1, 0.15) is 5.41 Å². The van der Waals surface area contributed by atoms with E-state index in [1.54, 1.807) is 6.92 Å². The Hall–Kier alpha value is -0.890. The zero-order chi connectivity index (χ0) is 10.9. The second-order valence-electron chi connectivity index (χ2n) is 3.92. The van der Waals surface area contributed by atoms with Crippen LogP contribution in [0.2, 0.25) is 0 Å². The molecule has 0 aromatic heterocycles. The number of hydrogen-bond donors (Lipinski definition) is 3. The van der Waals surface area contributed by atoms with Crippen LogP contribution >= 0.6 is 0 Å². The van der Waals surface area contributed by atoms with Crippen molar-refractivity contribution in [2.45, 2.75) is 25.6 Å². The quantitative estimate of drug-likeness (QED) is 0.508. The minimum absolute atomic E-state index is 0.256. The highest BCUT2D eigenvalue weighted by molar-refractivity contribution is 5.28. The summed E-state index contributed by atoms with van der Waals surface area (Å²) < 4.78 is 0. The summed E-state index contributed by atoms with van der Waals surface area (Å²) in [6, 6.07) is 1.91. The maximum absolute atomic E-state index is 9.83. The van der Waals surface area contributed by atoms with Gasteiger partial charge in [-0.1, -0.05) is 13.5 Å². The van der Waals surface area contributed by atoms with Crippen molar-refractivity contribution in [1.82, 2.24) is 0 Å². The molecule has 1 aliphatic carbocycles. The fraction of sp³-hybridized carbons (Fsp3) is 0.700. The van der Waals surface area contributed by atoms with Gasteiger partial charge in [0.05, 0.1) is 24.9 Å². The zero-order valence-corrected chi connectivity index (χ0v) is 8.14. The molecule has 78 valence electrons. The monoisotopic (exact) mass is 197 g/mol. The van der Waals surface area contributed by atoms with E-state index in [9.17, 15) is 10.2 Å². The minimum atomic E-state index is -1.31. The lowest BCUT2D eigenvalue weighted by Gasteiger charge is -2.42. The Morgan fingerprint density at radius 2 is 2.21 bits per heavy atom. The van der Waals surface area contributed by atoms with Gasteiger partial charge < -0.3 is 15.3 Å². The third kappa shape index (κ3) is 1.34. The van der Waals surface area contributed by atoms with Crippen LogP contribution in [0.4, 0.5) is 0 Å². The van der Waals surface area contributed by atoms with E-state index < -0.39 is 30.1 Å². The van der Waals surface area contributed by atoms with E-state index in [0.29, 0.717) is 5.57 Å². The second kappa shape index (κ2) is 3.70.